The zero-order chi connectivity index (χ0) is 31.0. The molecule has 4 atom stereocenters. The maximum absolute atomic E-state index is 12.6. The average Bonchev–Trinajstić information content (AvgIpc) is 3.11. The third kappa shape index (κ3) is 7.67. The Bertz CT molecular complexity index is 1700. The van der Waals surface area contributed by atoms with Crippen molar-refractivity contribution in [2.24, 2.45) is 5.92 Å². The molecule has 2 heterocycles. The van der Waals surface area contributed by atoms with Gasteiger partial charge in [-0.05, 0) is 58.1 Å². The van der Waals surface area contributed by atoms with Crippen LogP contribution in [0.1, 0.15) is 51.9 Å². The first-order valence-electron chi connectivity index (χ1n) is 15.0. The number of aliphatic hydroxyl groups excluding tert-OH is 1. The van der Waals surface area contributed by atoms with Gasteiger partial charge in [0.2, 0.25) is 0 Å². The minimum atomic E-state index is -0.584. The molecule has 7 nitrogen and oxygen atoms in total. The van der Waals surface area contributed by atoms with Crippen molar-refractivity contribution in [3.63, 3.8) is 0 Å². The Morgan fingerprint density at radius 3 is 2.29 bits per heavy atom. The van der Waals surface area contributed by atoms with Crippen molar-refractivity contribution in [1.82, 2.24) is 15.3 Å². The van der Waals surface area contributed by atoms with Gasteiger partial charge >= 0.3 is 0 Å². The van der Waals surface area contributed by atoms with Gasteiger partial charge in [0.15, 0.2) is 11.4 Å². The smallest absolute Gasteiger partial charge is 0.251 e. The number of nitrogens with zero attached hydrogens (tertiary/aromatic N) is 2. The minimum absolute atomic E-state index is 0.00315. The molecule has 228 valence electrons. The van der Waals surface area contributed by atoms with Crippen LogP contribution in [0.4, 0.5) is 0 Å². The molecule has 45 heavy (non-hydrogen) atoms. The molecule has 1 amide bonds. The van der Waals surface area contributed by atoms with Crippen molar-refractivity contribution >= 4 is 17.7 Å². The predicted molar refractivity (Wildman–Crippen MR) is 175 cm³/mol. The van der Waals surface area contributed by atoms with Crippen molar-refractivity contribution in [3.8, 4) is 11.1 Å². The summed E-state index contributed by atoms with van der Waals surface area (Å²) in [5.74, 6) is 0.631. The van der Waals surface area contributed by atoms with E-state index in [9.17, 15) is 9.90 Å². The third-order valence-corrected chi connectivity index (χ3v) is 8.91. The molecule has 1 saturated heterocycles. The number of carbonyl (C=O) groups is 1. The van der Waals surface area contributed by atoms with Crippen LogP contribution in [-0.4, -0.2) is 32.8 Å². The van der Waals surface area contributed by atoms with E-state index in [-0.39, 0.29) is 30.6 Å². The fraction of sp³-hybridized carbons (Fsp3) is 0.216. The highest BCUT2D eigenvalue weighted by Gasteiger charge is 2.38. The second-order valence-corrected chi connectivity index (χ2v) is 12.0. The van der Waals surface area contributed by atoms with E-state index < -0.39 is 6.29 Å². The van der Waals surface area contributed by atoms with Crippen LogP contribution in [0, 0.1) is 5.92 Å². The molecule has 1 aliphatic rings. The van der Waals surface area contributed by atoms with Gasteiger partial charge in [0.1, 0.15) is 0 Å². The Labute approximate surface area is 267 Å². The highest BCUT2D eigenvalue weighted by Crippen LogP contribution is 2.43. The van der Waals surface area contributed by atoms with E-state index in [4.69, 9.17) is 9.47 Å². The second-order valence-electron chi connectivity index (χ2n) is 11.0. The minimum Gasteiger partial charge on any atom is -0.392 e. The molecule has 4 aromatic carbocycles. The molecular formula is C37H35N3O4S. The lowest BCUT2D eigenvalue weighted by Crippen LogP contribution is -2.38. The quantitative estimate of drug-likeness (QED) is 0.127. The van der Waals surface area contributed by atoms with E-state index in [0.717, 1.165) is 33.4 Å². The maximum Gasteiger partial charge on any atom is 0.251 e. The van der Waals surface area contributed by atoms with Crippen LogP contribution in [0.3, 0.4) is 0 Å². The van der Waals surface area contributed by atoms with Crippen LogP contribution in [0.25, 0.3) is 11.1 Å². The molecule has 0 radical (unpaired) electrons. The van der Waals surface area contributed by atoms with Crippen LogP contribution in [0.5, 0.6) is 0 Å². The first-order valence-corrected chi connectivity index (χ1v) is 16.0. The molecule has 0 aliphatic carbocycles. The van der Waals surface area contributed by atoms with Crippen molar-refractivity contribution in [2.75, 3.05) is 5.75 Å². The summed E-state index contributed by atoms with van der Waals surface area (Å²) in [7, 11) is 0. The summed E-state index contributed by atoms with van der Waals surface area (Å²) in [5.41, 5.74) is 6.54. The van der Waals surface area contributed by atoms with Gasteiger partial charge in [0.25, 0.3) is 5.91 Å². The van der Waals surface area contributed by atoms with Gasteiger partial charge in [-0.1, -0.05) is 97.5 Å². The lowest BCUT2D eigenvalue weighted by atomic mass is 9.91. The van der Waals surface area contributed by atoms with Gasteiger partial charge in [-0.15, -0.1) is 0 Å². The van der Waals surface area contributed by atoms with E-state index in [1.807, 2.05) is 72.8 Å². The van der Waals surface area contributed by atoms with Crippen LogP contribution in [0.15, 0.2) is 127 Å². The summed E-state index contributed by atoms with van der Waals surface area (Å²) < 4.78 is 13.3. The fourth-order valence-corrected chi connectivity index (χ4v) is 6.39. The van der Waals surface area contributed by atoms with E-state index in [1.54, 1.807) is 36.3 Å². The predicted octanol–water partition coefficient (Wildman–Crippen LogP) is 7.15. The number of aliphatic hydroxyl groups is 1. The van der Waals surface area contributed by atoms with Gasteiger partial charge < -0.3 is 19.9 Å². The monoisotopic (exact) mass is 617 g/mol. The lowest BCUT2D eigenvalue weighted by Gasteiger charge is -2.41. The zero-order valence-corrected chi connectivity index (χ0v) is 25.8. The molecule has 0 saturated carbocycles. The average molecular weight is 618 g/mol. The van der Waals surface area contributed by atoms with Gasteiger partial charge in [-0.25, -0.2) is 9.97 Å². The van der Waals surface area contributed by atoms with Crippen molar-refractivity contribution in [1.29, 1.82) is 0 Å². The number of hydrogen-bond donors (Lipinski definition) is 2. The fourth-order valence-electron chi connectivity index (χ4n) is 5.43. The Morgan fingerprint density at radius 1 is 0.800 bits per heavy atom. The number of ether oxygens (including phenoxy) is 2. The summed E-state index contributed by atoms with van der Waals surface area (Å²) in [6.45, 7) is 2.57. The first kappa shape index (κ1) is 30.7. The number of benzene rings is 4. The molecule has 0 bridgehead atoms. The molecule has 8 heteroatoms. The third-order valence-electron chi connectivity index (χ3n) is 7.95. The summed E-state index contributed by atoms with van der Waals surface area (Å²) in [6.07, 6.45) is 2.57. The molecule has 0 unspecified atom stereocenters. The van der Waals surface area contributed by atoms with Gasteiger partial charge in [0.05, 0.1) is 18.8 Å². The summed E-state index contributed by atoms with van der Waals surface area (Å²) >= 11 is 1.57. The molecule has 5 aromatic rings. The Balaban J connectivity index is 1.22. The van der Waals surface area contributed by atoms with Crippen LogP contribution in [0.2, 0.25) is 0 Å². The number of carbonyl (C=O) groups excluding carboxylic acids is 1. The van der Waals surface area contributed by atoms with Crippen molar-refractivity contribution in [2.45, 2.75) is 43.7 Å². The normalized spacial score (nSPS) is 19.6. The molecule has 1 aromatic heterocycles. The molecule has 6 rings (SSSR count). The lowest BCUT2D eigenvalue weighted by molar-refractivity contribution is -0.268. The molecule has 1 aliphatic heterocycles. The zero-order valence-electron chi connectivity index (χ0n) is 25.0. The van der Waals surface area contributed by atoms with Crippen LogP contribution in [-0.2, 0) is 22.6 Å². The number of amides is 1. The second kappa shape index (κ2) is 14.6. The highest BCUT2D eigenvalue weighted by atomic mass is 32.2. The largest absolute Gasteiger partial charge is 0.392 e. The van der Waals surface area contributed by atoms with Crippen LogP contribution >= 0.6 is 11.8 Å². The topological polar surface area (TPSA) is 93.6 Å². The highest BCUT2D eigenvalue weighted by molar-refractivity contribution is 7.99. The van der Waals surface area contributed by atoms with E-state index in [2.05, 4.69) is 46.5 Å². The number of rotatable bonds is 10. The summed E-state index contributed by atoms with van der Waals surface area (Å²) in [6, 6.07) is 35.4. The Hall–Kier alpha value is -4.34. The molecule has 0 spiro atoms. The van der Waals surface area contributed by atoms with Crippen molar-refractivity contribution in [3.05, 3.63) is 149 Å². The van der Waals surface area contributed by atoms with Crippen LogP contribution < -0.4 is 5.32 Å². The molecular weight excluding hydrogens is 582 g/mol. The molecule has 2 N–H and O–H groups in total. The van der Waals surface area contributed by atoms with E-state index in [0.29, 0.717) is 23.0 Å². The summed E-state index contributed by atoms with van der Waals surface area (Å²) in [4.78, 5) is 21.3. The van der Waals surface area contributed by atoms with Crippen molar-refractivity contribution < 1.29 is 19.4 Å². The van der Waals surface area contributed by atoms with Gasteiger partial charge in [-0.3, -0.25) is 4.79 Å². The maximum atomic E-state index is 12.6. The summed E-state index contributed by atoms with van der Waals surface area (Å²) in [5, 5.41) is 13.3. The number of nitrogens with one attached hydrogen (secondary N) is 1. The standard InChI is InChI=1S/C37H35N3O4S/c1-25-33(24-45-37-38-18-7-19-39-37)43-36(44-34(25)28-16-14-26(23-41)15-17-28)32-13-6-12-31(21-32)30-11-5-8-27(20-30)22-40-35(42)29-9-3-2-4-10-29/h2-21,25,33-34,36,41H,22-24H2,1H3,(H,40,42)/t25-,33+,34+,36+/m0/s1. The molecule has 1 fully saturated rings. The first-order chi connectivity index (χ1) is 22.1. The number of aromatic nitrogens is 2. The SMILES string of the molecule is C[C@H]1[C@@H](CSc2ncccn2)O[C@@H](c2cccc(-c3cccc(CNC(=O)c4ccccc4)c3)c2)O[C@H]1c1ccc(CO)cc1. The Kier molecular flexibility index (Phi) is 9.97. The number of thioether (sulfide) groups is 1. The van der Waals surface area contributed by atoms with Gasteiger partial charge in [-0.2, -0.15) is 0 Å². The Morgan fingerprint density at radius 2 is 1.53 bits per heavy atom. The number of hydrogen-bond acceptors (Lipinski definition) is 7. The van der Waals surface area contributed by atoms with Gasteiger partial charge in [0, 0.05) is 41.7 Å². The van der Waals surface area contributed by atoms with E-state index in [1.165, 1.54) is 0 Å². The van der Waals surface area contributed by atoms with E-state index >= 15 is 0 Å².